The smallest absolute Gasteiger partial charge is 0.0551 e. The Kier molecular flexibility index (Phi) is 5.53. The van der Waals surface area contributed by atoms with Gasteiger partial charge in [0.1, 0.15) is 0 Å². The molecule has 0 amide bonds. The van der Waals surface area contributed by atoms with E-state index in [0.29, 0.717) is 0 Å². The van der Waals surface area contributed by atoms with Crippen LogP contribution in [-0.2, 0) is 0 Å². The van der Waals surface area contributed by atoms with Crippen molar-refractivity contribution in [2.75, 3.05) is 6.54 Å². The summed E-state index contributed by atoms with van der Waals surface area (Å²) in [5.74, 6) is 0. The molecule has 1 rings (SSSR count). The maximum absolute atomic E-state index is 6.09. The van der Waals surface area contributed by atoms with Gasteiger partial charge in [-0.2, -0.15) is 0 Å². The van der Waals surface area contributed by atoms with Gasteiger partial charge in [0.2, 0.25) is 0 Å². The largest absolute Gasteiger partial charge is 0.307 e. The number of hydrogen-bond acceptors (Lipinski definition) is 1. The first-order valence-electron chi connectivity index (χ1n) is 5.40. The van der Waals surface area contributed by atoms with Crippen LogP contribution in [0.4, 0.5) is 0 Å². The molecule has 1 nitrogen and oxygen atoms in total. The molecule has 0 aliphatic heterocycles. The standard InChI is InChI=1S/C13H17BrClN/c1-4-7-16-13(9(2)3)10-5-6-11(14)12(15)8-10/h5-6,8,13,16H,2,4,7H2,1,3H3. The van der Waals surface area contributed by atoms with Gasteiger partial charge in [-0.1, -0.05) is 36.7 Å². The lowest BCUT2D eigenvalue weighted by Crippen LogP contribution is -2.22. The van der Waals surface area contributed by atoms with Crippen LogP contribution < -0.4 is 5.32 Å². The maximum Gasteiger partial charge on any atom is 0.0551 e. The average Bonchev–Trinajstić information content (AvgIpc) is 2.23. The molecule has 0 saturated heterocycles. The van der Waals surface area contributed by atoms with E-state index in [1.165, 1.54) is 0 Å². The molecule has 0 fully saturated rings. The second-order valence-electron chi connectivity index (χ2n) is 3.91. The molecule has 0 saturated carbocycles. The van der Waals surface area contributed by atoms with E-state index in [9.17, 15) is 0 Å². The number of benzene rings is 1. The third kappa shape index (κ3) is 3.62. The highest BCUT2D eigenvalue weighted by molar-refractivity contribution is 9.10. The maximum atomic E-state index is 6.09. The van der Waals surface area contributed by atoms with Crippen LogP contribution >= 0.6 is 27.5 Å². The van der Waals surface area contributed by atoms with E-state index in [2.05, 4.69) is 40.8 Å². The third-order valence-electron chi connectivity index (χ3n) is 2.37. The predicted molar refractivity (Wildman–Crippen MR) is 75.0 cm³/mol. The van der Waals surface area contributed by atoms with E-state index >= 15 is 0 Å². The van der Waals surface area contributed by atoms with E-state index in [0.717, 1.165) is 33.6 Å². The van der Waals surface area contributed by atoms with Crippen molar-refractivity contribution in [3.05, 3.63) is 45.4 Å². The van der Waals surface area contributed by atoms with Crippen molar-refractivity contribution >= 4 is 27.5 Å². The molecule has 0 bridgehead atoms. The zero-order valence-corrected chi connectivity index (χ0v) is 12.0. The van der Waals surface area contributed by atoms with Crippen LogP contribution in [0.2, 0.25) is 5.02 Å². The normalized spacial score (nSPS) is 12.5. The molecule has 0 aliphatic carbocycles. The van der Waals surface area contributed by atoms with Crippen LogP contribution in [0.5, 0.6) is 0 Å². The third-order valence-corrected chi connectivity index (χ3v) is 3.60. The molecule has 1 atom stereocenters. The fourth-order valence-corrected chi connectivity index (χ4v) is 1.99. The van der Waals surface area contributed by atoms with Crippen LogP contribution in [0.25, 0.3) is 0 Å². The summed E-state index contributed by atoms with van der Waals surface area (Å²) in [5.41, 5.74) is 2.26. The number of hydrogen-bond donors (Lipinski definition) is 1. The van der Waals surface area contributed by atoms with Crippen molar-refractivity contribution in [3.8, 4) is 0 Å². The SMILES string of the molecule is C=C(C)C(NCCC)c1ccc(Br)c(Cl)c1. The van der Waals surface area contributed by atoms with E-state index in [1.807, 2.05) is 19.1 Å². The zero-order valence-electron chi connectivity index (χ0n) is 9.69. The Morgan fingerprint density at radius 3 is 2.75 bits per heavy atom. The molecule has 1 unspecified atom stereocenters. The highest BCUT2D eigenvalue weighted by atomic mass is 79.9. The molecular weight excluding hydrogens is 286 g/mol. The van der Waals surface area contributed by atoms with E-state index in [-0.39, 0.29) is 6.04 Å². The van der Waals surface area contributed by atoms with Gasteiger partial charge in [-0.25, -0.2) is 0 Å². The van der Waals surface area contributed by atoms with Crippen molar-refractivity contribution in [1.82, 2.24) is 5.32 Å². The van der Waals surface area contributed by atoms with Crippen LogP contribution in [0, 0.1) is 0 Å². The van der Waals surface area contributed by atoms with Crippen LogP contribution in [-0.4, -0.2) is 6.54 Å². The summed E-state index contributed by atoms with van der Waals surface area (Å²) in [6, 6.07) is 6.21. The lowest BCUT2D eigenvalue weighted by molar-refractivity contribution is 0.591. The van der Waals surface area contributed by atoms with Crippen LogP contribution in [0.15, 0.2) is 34.8 Å². The molecule has 16 heavy (non-hydrogen) atoms. The van der Waals surface area contributed by atoms with Gasteiger partial charge < -0.3 is 5.32 Å². The second kappa shape index (κ2) is 6.43. The first kappa shape index (κ1) is 13.8. The quantitative estimate of drug-likeness (QED) is 0.776. The van der Waals surface area contributed by atoms with Crippen molar-refractivity contribution < 1.29 is 0 Å². The molecule has 88 valence electrons. The van der Waals surface area contributed by atoms with E-state index < -0.39 is 0 Å². The zero-order chi connectivity index (χ0) is 12.1. The highest BCUT2D eigenvalue weighted by Crippen LogP contribution is 2.28. The summed E-state index contributed by atoms with van der Waals surface area (Å²) < 4.78 is 0.925. The predicted octanol–water partition coefficient (Wildman–Crippen LogP) is 4.72. The van der Waals surface area contributed by atoms with Gasteiger partial charge in [0, 0.05) is 4.47 Å². The molecule has 0 spiro atoms. The number of nitrogens with one attached hydrogen (secondary N) is 1. The summed E-state index contributed by atoms with van der Waals surface area (Å²) in [7, 11) is 0. The van der Waals surface area contributed by atoms with Gasteiger partial charge in [-0.15, -0.1) is 0 Å². The molecule has 0 radical (unpaired) electrons. The van der Waals surface area contributed by atoms with Crippen LogP contribution in [0.1, 0.15) is 31.9 Å². The topological polar surface area (TPSA) is 12.0 Å². The molecule has 1 aromatic rings. The molecule has 1 N–H and O–H groups in total. The molecule has 0 heterocycles. The Labute approximate surface area is 111 Å². The molecular formula is C13H17BrClN. The number of halogens is 2. The van der Waals surface area contributed by atoms with Gasteiger partial charge in [0.25, 0.3) is 0 Å². The molecule has 0 aliphatic rings. The van der Waals surface area contributed by atoms with E-state index in [4.69, 9.17) is 11.6 Å². The summed E-state index contributed by atoms with van der Waals surface area (Å²) in [6.07, 6.45) is 1.11. The number of rotatable bonds is 5. The fraction of sp³-hybridized carbons (Fsp3) is 0.385. The first-order valence-corrected chi connectivity index (χ1v) is 6.57. The minimum absolute atomic E-state index is 0.186. The summed E-state index contributed by atoms with van der Waals surface area (Å²) in [5, 5.41) is 4.20. The van der Waals surface area contributed by atoms with Gasteiger partial charge in [0.15, 0.2) is 0 Å². The molecule has 1 aromatic carbocycles. The Hall–Kier alpha value is -0.310. The van der Waals surface area contributed by atoms with Gasteiger partial charge >= 0.3 is 0 Å². The Balaban J connectivity index is 2.92. The first-order chi connectivity index (χ1) is 7.56. The summed E-state index contributed by atoms with van der Waals surface area (Å²) >= 11 is 9.49. The monoisotopic (exact) mass is 301 g/mol. The lowest BCUT2D eigenvalue weighted by Gasteiger charge is -2.19. The highest BCUT2D eigenvalue weighted by Gasteiger charge is 2.12. The van der Waals surface area contributed by atoms with Gasteiger partial charge in [-0.3, -0.25) is 0 Å². The van der Waals surface area contributed by atoms with Gasteiger partial charge in [0.05, 0.1) is 11.1 Å². The van der Waals surface area contributed by atoms with Crippen molar-refractivity contribution in [3.63, 3.8) is 0 Å². The van der Waals surface area contributed by atoms with Crippen molar-refractivity contribution in [2.45, 2.75) is 26.3 Å². The Bertz CT molecular complexity index is 376. The lowest BCUT2D eigenvalue weighted by atomic mass is 10.0. The Morgan fingerprint density at radius 1 is 1.56 bits per heavy atom. The van der Waals surface area contributed by atoms with Gasteiger partial charge in [-0.05, 0) is 53.5 Å². The second-order valence-corrected chi connectivity index (χ2v) is 5.17. The summed E-state index contributed by atoms with van der Waals surface area (Å²) in [6.45, 7) is 9.18. The van der Waals surface area contributed by atoms with Crippen LogP contribution in [0.3, 0.4) is 0 Å². The Morgan fingerprint density at radius 2 is 2.25 bits per heavy atom. The van der Waals surface area contributed by atoms with E-state index in [1.54, 1.807) is 0 Å². The minimum atomic E-state index is 0.186. The summed E-state index contributed by atoms with van der Waals surface area (Å²) in [4.78, 5) is 0. The van der Waals surface area contributed by atoms with Crippen molar-refractivity contribution in [1.29, 1.82) is 0 Å². The molecule has 3 heteroatoms. The average molecular weight is 303 g/mol. The minimum Gasteiger partial charge on any atom is -0.307 e. The van der Waals surface area contributed by atoms with Crippen molar-refractivity contribution in [2.24, 2.45) is 0 Å². The molecule has 0 aromatic heterocycles. The fourth-order valence-electron chi connectivity index (χ4n) is 1.56.